The highest BCUT2D eigenvalue weighted by molar-refractivity contribution is 5.70. The van der Waals surface area contributed by atoms with Gasteiger partial charge in [0.1, 0.15) is 0 Å². The largest absolute Gasteiger partial charge is 0.481 e. The first-order valence-electron chi connectivity index (χ1n) is 6.66. The molecule has 3 heteroatoms. The van der Waals surface area contributed by atoms with Crippen molar-refractivity contribution >= 4 is 5.97 Å². The van der Waals surface area contributed by atoms with Gasteiger partial charge in [-0.05, 0) is 38.3 Å². The van der Waals surface area contributed by atoms with Gasteiger partial charge in [-0.2, -0.15) is 0 Å². The van der Waals surface area contributed by atoms with Gasteiger partial charge in [-0.15, -0.1) is 0 Å². The first kappa shape index (κ1) is 13.1. The average molecular weight is 247 g/mol. The Kier molecular flexibility index (Phi) is 4.37. The SMILES string of the molecule is Cc1cccc(CCN2CCCC(C(=O)O)C2)c1. The monoisotopic (exact) mass is 247 g/mol. The van der Waals surface area contributed by atoms with Gasteiger partial charge in [-0.3, -0.25) is 4.79 Å². The molecular weight excluding hydrogens is 226 g/mol. The Bertz CT molecular complexity index is 417. The molecule has 1 aliphatic heterocycles. The molecule has 3 nitrogen and oxygen atoms in total. The molecule has 0 spiro atoms. The topological polar surface area (TPSA) is 40.5 Å². The van der Waals surface area contributed by atoms with E-state index >= 15 is 0 Å². The van der Waals surface area contributed by atoms with Gasteiger partial charge in [0.15, 0.2) is 0 Å². The quantitative estimate of drug-likeness (QED) is 0.887. The van der Waals surface area contributed by atoms with E-state index in [4.69, 9.17) is 5.11 Å². The summed E-state index contributed by atoms with van der Waals surface area (Å²) >= 11 is 0. The number of nitrogens with zero attached hydrogens (tertiary/aromatic N) is 1. The Morgan fingerprint density at radius 3 is 3.06 bits per heavy atom. The van der Waals surface area contributed by atoms with Crippen molar-refractivity contribution in [1.82, 2.24) is 4.90 Å². The van der Waals surface area contributed by atoms with E-state index in [0.29, 0.717) is 6.54 Å². The highest BCUT2D eigenvalue weighted by Gasteiger charge is 2.24. The first-order chi connectivity index (χ1) is 8.65. The van der Waals surface area contributed by atoms with E-state index in [1.54, 1.807) is 0 Å². The van der Waals surface area contributed by atoms with Gasteiger partial charge in [0.2, 0.25) is 0 Å². The van der Waals surface area contributed by atoms with Crippen molar-refractivity contribution in [2.45, 2.75) is 26.2 Å². The summed E-state index contributed by atoms with van der Waals surface area (Å²) in [6, 6.07) is 8.54. The molecule has 0 radical (unpaired) electrons. The fraction of sp³-hybridized carbons (Fsp3) is 0.533. The molecule has 0 saturated carbocycles. The lowest BCUT2D eigenvalue weighted by atomic mass is 9.98. The minimum Gasteiger partial charge on any atom is -0.481 e. The molecule has 1 N–H and O–H groups in total. The Morgan fingerprint density at radius 1 is 1.50 bits per heavy atom. The minimum absolute atomic E-state index is 0.170. The Hall–Kier alpha value is -1.35. The maximum atomic E-state index is 11.0. The lowest BCUT2D eigenvalue weighted by Gasteiger charge is -2.30. The van der Waals surface area contributed by atoms with Gasteiger partial charge in [-0.1, -0.05) is 29.8 Å². The third-order valence-corrected chi connectivity index (χ3v) is 3.65. The van der Waals surface area contributed by atoms with Gasteiger partial charge in [0.25, 0.3) is 0 Å². The third-order valence-electron chi connectivity index (χ3n) is 3.65. The number of piperidine rings is 1. The molecule has 1 heterocycles. The predicted molar refractivity (Wildman–Crippen MR) is 71.7 cm³/mol. The molecule has 0 bridgehead atoms. The molecule has 98 valence electrons. The Balaban J connectivity index is 1.84. The predicted octanol–water partition coefficient (Wildman–Crippen LogP) is 2.33. The molecule has 1 fully saturated rings. The molecule has 1 aliphatic rings. The summed E-state index contributed by atoms with van der Waals surface area (Å²) in [5.74, 6) is -0.813. The van der Waals surface area contributed by atoms with E-state index in [0.717, 1.165) is 32.4 Å². The van der Waals surface area contributed by atoms with E-state index in [1.807, 2.05) is 0 Å². The normalized spacial score (nSPS) is 20.8. The zero-order valence-electron chi connectivity index (χ0n) is 10.9. The average Bonchev–Trinajstić information content (AvgIpc) is 2.37. The Morgan fingerprint density at radius 2 is 2.33 bits per heavy atom. The maximum Gasteiger partial charge on any atom is 0.307 e. The van der Waals surface area contributed by atoms with E-state index in [1.165, 1.54) is 11.1 Å². The fourth-order valence-electron chi connectivity index (χ4n) is 2.62. The maximum absolute atomic E-state index is 11.0. The summed E-state index contributed by atoms with van der Waals surface area (Å²) in [4.78, 5) is 13.3. The first-order valence-corrected chi connectivity index (χ1v) is 6.66. The van der Waals surface area contributed by atoms with Gasteiger partial charge >= 0.3 is 5.97 Å². The zero-order valence-corrected chi connectivity index (χ0v) is 10.9. The number of likely N-dealkylation sites (tertiary alicyclic amines) is 1. The fourth-order valence-corrected chi connectivity index (χ4v) is 2.62. The van der Waals surface area contributed by atoms with Crippen molar-refractivity contribution in [1.29, 1.82) is 0 Å². The van der Waals surface area contributed by atoms with Crippen LogP contribution in [0.2, 0.25) is 0 Å². The lowest BCUT2D eigenvalue weighted by molar-refractivity contribution is -0.143. The van der Waals surface area contributed by atoms with Crippen LogP contribution in [0.15, 0.2) is 24.3 Å². The van der Waals surface area contributed by atoms with Crippen LogP contribution in [-0.4, -0.2) is 35.6 Å². The number of carbonyl (C=O) groups is 1. The molecule has 1 aromatic rings. The third kappa shape index (κ3) is 3.57. The molecule has 1 atom stereocenters. The number of aliphatic carboxylic acids is 1. The zero-order chi connectivity index (χ0) is 13.0. The Labute approximate surface area is 108 Å². The lowest BCUT2D eigenvalue weighted by Crippen LogP contribution is -2.39. The summed E-state index contributed by atoms with van der Waals surface area (Å²) in [6.45, 7) is 4.81. The number of hydrogen-bond acceptors (Lipinski definition) is 2. The number of carboxylic acids is 1. The molecule has 0 aromatic heterocycles. The highest BCUT2D eigenvalue weighted by atomic mass is 16.4. The number of hydrogen-bond donors (Lipinski definition) is 1. The second kappa shape index (κ2) is 6.01. The smallest absolute Gasteiger partial charge is 0.307 e. The van der Waals surface area contributed by atoms with Crippen molar-refractivity contribution in [3.05, 3.63) is 35.4 Å². The van der Waals surface area contributed by atoms with Crippen LogP contribution in [0, 0.1) is 12.8 Å². The summed E-state index contributed by atoms with van der Waals surface area (Å²) in [7, 11) is 0. The second-order valence-electron chi connectivity index (χ2n) is 5.22. The summed E-state index contributed by atoms with van der Waals surface area (Å²) in [5, 5.41) is 9.05. The van der Waals surface area contributed by atoms with Crippen molar-refractivity contribution in [2.24, 2.45) is 5.92 Å². The van der Waals surface area contributed by atoms with Gasteiger partial charge in [0, 0.05) is 13.1 Å². The number of carboxylic acid groups (broad SMARTS) is 1. The molecule has 0 aliphatic carbocycles. The van der Waals surface area contributed by atoms with E-state index in [2.05, 4.69) is 36.1 Å². The summed E-state index contributed by atoms with van der Waals surface area (Å²) in [6.07, 6.45) is 2.84. The number of aryl methyl sites for hydroxylation is 1. The van der Waals surface area contributed by atoms with Gasteiger partial charge in [-0.25, -0.2) is 0 Å². The van der Waals surface area contributed by atoms with Crippen molar-refractivity contribution in [3.8, 4) is 0 Å². The van der Waals surface area contributed by atoms with Crippen LogP contribution in [0.25, 0.3) is 0 Å². The molecule has 1 saturated heterocycles. The van der Waals surface area contributed by atoms with Crippen molar-refractivity contribution in [3.63, 3.8) is 0 Å². The van der Waals surface area contributed by atoms with E-state index in [9.17, 15) is 4.79 Å². The van der Waals surface area contributed by atoms with Crippen LogP contribution in [0.3, 0.4) is 0 Å². The minimum atomic E-state index is -0.643. The van der Waals surface area contributed by atoms with E-state index in [-0.39, 0.29) is 5.92 Å². The van der Waals surface area contributed by atoms with Crippen LogP contribution in [0.1, 0.15) is 24.0 Å². The van der Waals surface area contributed by atoms with Crippen molar-refractivity contribution < 1.29 is 9.90 Å². The van der Waals surface area contributed by atoms with Gasteiger partial charge in [0.05, 0.1) is 5.92 Å². The summed E-state index contributed by atoms with van der Waals surface area (Å²) in [5.41, 5.74) is 2.63. The van der Waals surface area contributed by atoms with Crippen LogP contribution in [-0.2, 0) is 11.2 Å². The van der Waals surface area contributed by atoms with Crippen molar-refractivity contribution in [2.75, 3.05) is 19.6 Å². The molecule has 0 amide bonds. The second-order valence-corrected chi connectivity index (χ2v) is 5.22. The molecule has 18 heavy (non-hydrogen) atoms. The molecule has 1 unspecified atom stereocenters. The molecule has 2 rings (SSSR count). The van der Waals surface area contributed by atoms with Crippen LogP contribution < -0.4 is 0 Å². The number of benzene rings is 1. The molecule has 1 aromatic carbocycles. The van der Waals surface area contributed by atoms with Gasteiger partial charge < -0.3 is 10.0 Å². The highest BCUT2D eigenvalue weighted by Crippen LogP contribution is 2.17. The number of rotatable bonds is 4. The summed E-state index contributed by atoms with van der Waals surface area (Å²) < 4.78 is 0. The van der Waals surface area contributed by atoms with Crippen LogP contribution in [0.5, 0.6) is 0 Å². The molecular formula is C15H21NO2. The standard InChI is InChI=1S/C15H21NO2/c1-12-4-2-5-13(10-12)7-9-16-8-3-6-14(11-16)15(17)18/h2,4-5,10,14H,3,6-9,11H2,1H3,(H,17,18). The van der Waals surface area contributed by atoms with Crippen LogP contribution in [0.4, 0.5) is 0 Å². The van der Waals surface area contributed by atoms with E-state index < -0.39 is 5.97 Å². The van der Waals surface area contributed by atoms with Crippen LogP contribution >= 0.6 is 0 Å².